The lowest BCUT2D eigenvalue weighted by atomic mass is 10.3. The monoisotopic (exact) mass is 265 g/mol. The number of anilines is 2. The molecule has 0 aliphatic carbocycles. The molecule has 1 heterocycles. The fraction of sp³-hybridized carbons (Fsp3) is 0.615. The molecule has 0 fully saturated rings. The lowest BCUT2D eigenvalue weighted by molar-refractivity contribution is -0.128. The van der Waals surface area contributed by atoms with Gasteiger partial charge in [-0.3, -0.25) is 4.79 Å². The number of hydrogen-bond acceptors (Lipinski definition) is 5. The smallest absolute Gasteiger partial charge is 0.223 e. The van der Waals surface area contributed by atoms with Crippen LogP contribution in [0.2, 0.25) is 0 Å². The zero-order valence-corrected chi connectivity index (χ0v) is 12.2. The lowest BCUT2D eigenvalue weighted by Crippen LogP contribution is -2.24. The summed E-state index contributed by atoms with van der Waals surface area (Å²) in [7, 11) is 5.34. The molecule has 0 spiro atoms. The zero-order valence-electron chi connectivity index (χ0n) is 12.2. The third kappa shape index (κ3) is 5.11. The molecule has 1 amide bonds. The Balaban J connectivity index is 2.61. The summed E-state index contributed by atoms with van der Waals surface area (Å²) < 4.78 is 0. The van der Waals surface area contributed by atoms with E-state index in [1.54, 1.807) is 19.0 Å². The Morgan fingerprint density at radius 1 is 1.32 bits per heavy atom. The molecule has 6 nitrogen and oxygen atoms in total. The maximum Gasteiger partial charge on any atom is 0.223 e. The van der Waals surface area contributed by atoms with Gasteiger partial charge in [-0.2, -0.15) is 0 Å². The number of amides is 1. The van der Waals surface area contributed by atoms with Crippen LogP contribution in [0.3, 0.4) is 0 Å². The van der Waals surface area contributed by atoms with Crippen molar-refractivity contribution in [3.63, 3.8) is 0 Å². The summed E-state index contributed by atoms with van der Waals surface area (Å²) in [4.78, 5) is 21.9. The van der Waals surface area contributed by atoms with E-state index >= 15 is 0 Å². The Labute approximate surface area is 114 Å². The van der Waals surface area contributed by atoms with Crippen LogP contribution in [0.5, 0.6) is 0 Å². The molecule has 106 valence electrons. The Morgan fingerprint density at radius 2 is 2.00 bits per heavy atom. The summed E-state index contributed by atoms with van der Waals surface area (Å²) in [6, 6.07) is 1.85. The molecule has 19 heavy (non-hydrogen) atoms. The quantitative estimate of drug-likeness (QED) is 0.779. The number of nitrogens with zero attached hydrogens (tertiary/aromatic N) is 3. The third-order valence-electron chi connectivity index (χ3n) is 2.65. The molecule has 2 N–H and O–H groups in total. The van der Waals surface area contributed by atoms with Gasteiger partial charge in [0.25, 0.3) is 0 Å². The highest BCUT2D eigenvalue weighted by molar-refractivity contribution is 5.76. The van der Waals surface area contributed by atoms with Crippen LogP contribution in [0.1, 0.15) is 25.6 Å². The lowest BCUT2D eigenvalue weighted by Gasteiger charge is -2.12. The summed E-state index contributed by atoms with van der Waals surface area (Å²) in [5.41, 5.74) is 0. The van der Waals surface area contributed by atoms with Crippen LogP contribution < -0.4 is 10.6 Å². The number of aryl methyl sites for hydroxylation is 1. The molecular formula is C13H23N5O. The summed E-state index contributed by atoms with van der Waals surface area (Å²) in [5, 5.41) is 6.18. The van der Waals surface area contributed by atoms with E-state index in [1.165, 1.54) is 0 Å². The average Bonchev–Trinajstić information content (AvgIpc) is 2.38. The maximum atomic E-state index is 11.5. The second kappa shape index (κ2) is 7.56. The van der Waals surface area contributed by atoms with Crippen LogP contribution in [0.4, 0.5) is 11.6 Å². The van der Waals surface area contributed by atoms with Gasteiger partial charge in [0.15, 0.2) is 0 Å². The van der Waals surface area contributed by atoms with Crippen LogP contribution in [0.25, 0.3) is 0 Å². The van der Waals surface area contributed by atoms with E-state index in [4.69, 9.17) is 0 Å². The molecule has 0 aliphatic heterocycles. The fourth-order valence-corrected chi connectivity index (χ4v) is 1.57. The molecule has 1 aromatic rings. The van der Waals surface area contributed by atoms with E-state index in [9.17, 15) is 4.79 Å². The van der Waals surface area contributed by atoms with Crippen LogP contribution >= 0.6 is 0 Å². The molecular weight excluding hydrogens is 242 g/mol. The van der Waals surface area contributed by atoms with Gasteiger partial charge >= 0.3 is 0 Å². The van der Waals surface area contributed by atoms with Crippen molar-refractivity contribution in [3.8, 4) is 0 Å². The SMILES string of the molecule is CCCc1nc(NC)cc(NCCC(=O)N(C)C)n1. The number of carbonyl (C=O) groups is 1. The third-order valence-corrected chi connectivity index (χ3v) is 2.65. The van der Waals surface area contributed by atoms with Gasteiger partial charge in [0.05, 0.1) is 0 Å². The van der Waals surface area contributed by atoms with Gasteiger partial charge in [-0.1, -0.05) is 6.92 Å². The van der Waals surface area contributed by atoms with Gasteiger partial charge in [0.1, 0.15) is 17.5 Å². The van der Waals surface area contributed by atoms with E-state index in [1.807, 2.05) is 13.1 Å². The largest absolute Gasteiger partial charge is 0.373 e. The van der Waals surface area contributed by atoms with E-state index in [0.717, 1.165) is 30.3 Å². The highest BCUT2D eigenvalue weighted by Crippen LogP contribution is 2.12. The number of nitrogens with one attached hydrogen (secondary N) is 2. The van der Waals surface area contributed by atoms with E-state index < -0.39 is 0 Å². The molecule has 0 bridgehead atoms. The Hall–Kier alpha value is -1.85. The second-order valence-corrected chi connectivity index (χ2v) is 4.52. The minimum absolute atomic E-state index is 0.101. The topological polar surface area (TPSA) is 70.2 Å². The van der Waals surface area contributed by atoms with Gasteiger partial charge < -0.3 is 15.5 Å². The Kier molecular flexibility index (Phi) is 6.05. The van der Waals surface area contributed by atoms with Crippen molar-refractivity contribution in [2.45, 2.75) is 26.2 Å². The zero-order chi connectivity index (χ0) is 14.3. The summed E-state index contributed by atoms with van der Waals surface area (Å²) >= 11 is 0. The van der Waals surface area contributed by atoms with Crippen molar-refractivity contribution in [2.24, 2.45) is 0 Å². The van der Waals surface area contributed by atoms with Crippen LogP contribution in [0, 0.1) is 0 Å². The van der Waals surface area contributed by atoms with Crippen LogP contribution in [-0.2, 0) is 11.2 Å². The van der Waals surface area contributed by atoms with E-state index in [-0.39, 0.29) is 5.91 Å². The Bertz CT molecular complexity index is 419. The standard InChI is InChI=1S/C13H23N5O/c1-5-6-10-16-11(14-2)9-12(17-10)15-8-7-13(19)18(3)4/h9H,5-8H2,1-4H3,(H2,14,15,16,17). The number of carbonyl (C=O) groups excluding carboxylic acids is 1. The molecule has 0 atom stereocenters. The van der Waals surface area contributed by atoms with Crippen molar-refractivity contribution < 1.29 is 4.79 Å². The van der Waals surface area contributed by atoms with E-state index in [0.29, 0.717) is 13.0 Å². The number of rotatable bonds is 7. The molecule has 1 aromatic heterocycles. The highest BCUT2D eigenvalue weighted by atomic mass is 16.2. The van der Waals surface area contributed by atoms with Crippen molar-refractivity contribution in [2.75, 3.05) is 38.3 Å². The van der Waals surface area contributed by atoms with Crippen molar-refractivity contribution in [1.29, 1.82) is 0 Å². The predicted molar refractivity (Wildman–Crippen MR) is 77.4 cm³/mol. The van der Waals surface area contributed by atoms with Crippen LogP contribution in [-0.4, -0.2) is 48.5 Å². The van der Waals surface area contributed by atoms with Crippen molar-refractivity contribution >= 4 is 17.5 Å². The Morgan fingerprint density at radius 3 is 2.58 bits per heavy atom. The van der Waals surface area contributed by atoms with Gasteiger partial charge in [0.2, 0.25) is 5.91 Å². The summed E-state index contributed by atoms with van der Waals surface area (Å²) in [6.07, 6.45) is 2.31. The minimum Gasteiger partial charge on any atom is -0.373 e. The number of aromatic nitrogens is 2. The second-order valence-electron chi connectivity index (χ2n) is 4.52. The first-order valence-electron chi connectivity index (χ1n) is 6.56. The highest BCUT2D eigenvalue weighted by Gasteiger charge is 2.06. The molecule has 1 rings (SSSR count). The van der Waals surface area contributed by atoms with Gasteiger partial charge in [0, 0.05) is 46.6 Å². The molecule has 0 radical (unpaired) electrons. The van der Waals surface area contributed by atoms with Gasteiger partial charge in [-0.15, -0.1) is 0 Å². The molecule has 0 aromatic carbocycles. The van der Waals surface area contributed by atoms with Crippen molar-refractivity contribution in [1.82, 2.24) is 14.9 Å². The van der Waals surface area contributed by atoms with Gasteiger partial charge in [-0.25, -0.2) is 9.97 Å². The minimum atomic E-state index is 0.101. The van der Waals surface area contributed by atoms with Crippen LogP contribution in [0.15, 0.2) is 6.07 Å². The summed E-state index contributed by atoms with van der Waals surface area (Å²) in [6.45, 7) is 2.67. The van der Waals surface area contributed by atoms with Gasteiger partial charge in [-0.05, 0) is 6.42 Å². The molecule has 0 unspecified atom stereocenters. The first kappa shape index (κ1) is 15.2. The first-order chi connectivity index (χ1) is 9.06. The predicted octanol–water partition coefficient (Wildman–Crippen LogP) is 1.36. The molecule has 6 heteroatoms. The molecule has 0 aliphatic rings. The average molecular weight is 265 g/mol. The molecule has 0 saturated heterocycles. The maximum absolute atomic E-state index is 11.5. The summed E-state index contributed by atoms with van der Waals surface area (Å²) in [5.74, 6) is 2.47. The fourth-order valence-electron chi connectivity index (χ4n) is 1.57. The van der Waals surface area contributed by atoms with Crippen molar-refractivity contribution in [3.05, 3.63) is 11.9 Å². The first-order valence-corrected chi connectivity index (χ1v) is 6.56. The number of hydrogen-bond donors (Lipinski definition) is 2. The van der Waals surface area contributed by atoms with E-state index in [2.05, 4.69) is 27.5 Å². The normalized spacial score (nSPS) is 10.1. The molecule has 0 saturated carbocycles.